The molecule has 0 bridgehead atoms. The van der Waals surface area contributed by atoms with Gasteiger partial charge in [0, 0.05) is 47.1 Å². The predicted molar refractivity (Wildman–Crippen MR) is 137 cm³/mol. The second-order valence-corrected chi connectivity index (χ2v) is 11.6. The van der Waals surface area contributed by atoms with Gasteiger partial charge < -0.3 is 14.7 Å². The summed E-state index contributed by atoms with van der Waals surface area (Å²) < 4.78 is 20.7. The molecular formula is C28H25Cl2FN4O. The molecule has 3 aliphatic carbocycles. The van der Waals surface area contributed by atoms with Gasteiger partial charge in [0.2, 0.25) is 0 Å². The maximum atomic E-state index is 14.9. The lowest BCUT2D eigenvalue weighted by molar-refractivity contribution is -0.0171. The summed E-state index contributed by atoms with van der Waals surface area (Å²) in [5.74, 6) is 1.05. The summed E-state index contributed by atoms with van der Waals surface area (Å²) in [5.41, 5.74) is 3.75. The summed E-state index contributed by atoms with van der Waals surface area (Å²) in [4.78, 5) is 2.27. The van der Waals surface area contributed by atoms with E-state index in [9.17, 15) is 4.39 Å². The molecule has 1 N–H and O–H groups in total. The van der Waals surface area contributed by atoms with Crippen molar-refractivity contribution < 1.29 is 8.91 Å². The molecule has 2 heterocycles. The second-order valence-electron chi connectivity index (χ2n) is 10.8. The summed E-state index contributed by atoms with van der Waals surface area (Å²) in [6.45, 7) is 0.635. The lowest BCUT2D eigenvalue weighted by atomic mass is 9.53. The maximum absolute atomic E-state index is 14.9. The standard InChI is InChI=1S/C28H25Cl2FN4O/c29-19-2-1-3-20(30)25(19)26-18(27(36-34-26)16-5-6-16)14-33-17-11-24-28(12-17)9-8-23(28)35(24)22-7-4-15(13-32)10-21(22)31/h1-4,7,10,16-17,23-24,33H,5-6,8-9,11-12,14H2. The van der Waals surface area contributed by atoms with Gasteiger partial charge in [-0.1, -0.05) is 34.4 Å². The fourth-order valence-corrected chi connectivity index (χ4v) is 7.57. The van der Waals surface area contributed by atoms with Crippen LogP contribution in [0.3, 0.4) is 0 Å². The molecule has 4 atom stereocenters. The van der Waals surface area contributed by atoms with Crippen LogP contribution in [0.1, 0.15) is 61.3 Å². The molecule has 4 unspecified atom stereocenters. The summed E-state index contributed by atoms with van der Waals surface area (Å²) in [6.07, 6.45) is 6.55. The molecule has 0 amide bonds. The van der Waals surface area contributed by atoms with E-state index < -0.39 is 0 Å². The van der Waals surface area contributed by atoms with Gasteiger partial charge in [0.05, 0.1) is 27.4 Å². The highest BCUT2D eigenvalue weighted by atomic mass is 35.5. The number of hydrogen-bond acceptors (Lipinski definition) is 5. The van der Waals surface area contributed by atoms with Crippen LogP contribution in [-0.4, -0.2) is 23.3 Å². The molecule has 3 saturated carbocycles. The fourth-order valence-electron chi connectivity index (χ4n) is 7.00. The minimum absolute atomic E-state index is 0.265. The van der Waals surface area contributed by atoms with E-state index >= 15 is 0 Å². The van der Waals surface area contributed by atoms with E-state index in [4.69, 9.17) is 33.0 Å². The van der Waals surface area contributed by atoms with E-state index in [1.807, 2.05) is 24.3 Å². The number of benzene rings is 2. The molecule has 2 aromatic carbocycles. The predicted octanol–water partition coefficient (Wildman–Crippen LogP) is 6.83. The zero-order valence-corrected chi connectivity index (χ0v) is 21.1. The molecule has 1 aliphatic heterocycles. The molecule has 184 valence electrons. The number of anilines is 1. The number of piperidine rings is 1. The third-order valence-corrected chi connectivity index (χ3v) is 9.53. The van der Waals surface area contributed by atoms with Gasteiger partial charge in [-0.25, -0.2) is 4.39 Å². The summed E-state index contributed by atoms with van der Waals surface area (Å²) in [7, 11) is 0. The Balaban J connectivity index is 1.13. The van der Waals surface area contributed by atoms with Crippen molar-refractivity contribution in [3.8, 4) is 17.3 Å². The summed E-state index contributed by atoms with van der Waals surface area (Å²) in [6, 6.07) is 13.4. The number of nitrogens with zero attached hydrogens (tertiary/aromatic N) is 3. The number of aromatic nitrogens is 1. The monoisotopic (exact) mass is 522 g/mol. The lowest BCUT2D eigenvalue weighted by Gasteiger charge is -2.69. The molecule has 4 fully saturated rings. The van der Waals surface area contributed by atoms with Crippen molar-refractivity contribution in [2.75, 3.05) is 4.90 Å². The molecule has 7 rings (SSSR count). The first kappa shape index (κ1) is 22.6. The highest BCUT2D eigenvalue weighted by Crippen LogP contribution is 2.66. The van der Waals surface area contributed by atoms with E-state index in [1.165, 1.54) is 12.5 Å². The molecule has 0 radical (unpaired) electrons. The molecule has 3 aromatic rings. The van der Waals surface area contributed by atoms with Crippen molar-refractivity contribution >= 4 is 28.9 Å². The van der Waals surface area contributed by atoms with Crippen molar-refractivity contribution in [1.29, 1.82) is 5.26 Å². The quantitative estimate of drug-likeness (QED) is 0.384. The van der Waals surface area contributed by atoms with Crippen molar-refractivity contribution in [2.45, 2.75) is 69.1 Å². The Morgan fingerprint density at radius 1 is 1.17 bits per heavy atom. The third kappa shape index (κ3) is 3.26. The van der Waals surface area contributed by atoms with Crippen LogP contribution in [0.4, 0.5) is 10.1 Å². The third-order valence-electron chi connectivity index (χ3n) is 8.91. The van der Waals surface area contributed by atoms with Crippen molar-refractivity contribution in [3.05, 3.63) is 69.1 Å². The molecule has 5 nitrogen and oxygen atoms in total. The number of rotatable bonds is 6. The Hall–Kier alpha value is -2.59. The van der Waals surface area contributed by atoms with Crippen LogP contribution in [0.5, 0.6) is 0 Å². The average Bonchev–Trinajstić information content (AvgIpc) is 3.51. The van der Waals surface area contributed by atoms with Gasteiger partial charge in [-0.2, -0.15) is 5.26 Å². The first-order valence-corrected chi connectivity index (χ1v) is 13.4. The Bertz CT molecular complexity index is 1390. The Kier molecular flexibility index (Phi) is 5.15. The van der Waals surface area contributed by atoms with Crippen molar-refractivity contribution in [2.24, 2.45) is 5.41 Å². The van der Waals surface area contributed by atoms with Gasteiger partial charge >= 0.3 is 0 Å². The SMILES string of the molecule is N#Cc1ccc(N2C3CCC34CC(NCc3c(-c5c(Cl)cccc5Cl)noc3C3CC3)CC24)c(F)c1. The number of hydrogen-bond donors (Lipinski definition) is 1. The van der Waals surface area contributed by atoms with Crippen LogP contribution in [0.2, 0.25) is 10.0 Å². The molecule has 1 saturated heterocycles. The van der Waals surface area contributed by atoms with Gasteiger partial charge in [-0.3, -0.25) is 0 Å². The van der Waals surface area contributed by atoms with Crippen LogP contribution < -0.4 is 10.2 Å². The molecule has 8 heteroatoms. The average molecular weight is 523 g/mol. The molecule has 1 spiro atoms. The lowest BCUT2D eigenvalue weighted by Crippen LogP contribution is -2.75. The van der Waals surface area contributed by atoms with Crippen LogP contribution in [0, 0.1) is 22.6 Å². The van der Waals surface area contributed by atoms with Gasteiger partial charge in [-0.15, -0.1) is 0 Å². The van der Waals surface area contributed by atoms with E-state index in [0.717, 1.165) is 54.7 Å². The minimum Gasteiger partial charge on any atom is -0.362 e. The fraction of sp³-hybridized carbons (Fsp3) is 0.429. The molecule has 1 aromatic heterocycles. The minimum atomic E-state index is -0.300. The number of nitrogens with one attached hydrogen (secondary N) is 1. The second kappa shape index (κ2) is 8.21. The summed E-state index contributed by atoms with van der Waals surface area (Å²) >= 11 is 13.0. The van der Waals surface area contributed by atoms with Crippen LogP contribution in [0.25, 0.3) is 11.3 Å². The molecular weight excluding hydrogens is 498 g/mol. The van der Waals surface area contributed by atoms with E-state index in [2.05, 4.69) is 15.4 Å². The zero-order valence-electron chi connectivity index (χ0n) is 19.6. The first-order chi connectivity index (χ1) is 17.5. The van der Waals surface area contributed by atoms with E-state index in [-0.39, 0.29) is 11.2 Å². The molecule has 36 heavy (non-hydrogen) atoms. The normalized spacial score (nSPS) is 28.2. The van der Waals surface area contributed by atoms with E-state index in [1.54, 1.807) is 12.1 Å². The number of halogens is 3. The highest BCUT2D eigenvalue weighted by Gasteiger charge is 2.69. The maximum Gasteiger partial charge on any atom is 0.147 e. The van der Waals surface area contributed by atoms with Crippen LogP contribution in [0.15, 0.2) is 40.9 Å². The topological polar surface area (TPSA) is 65.1 Å². The van der Waals surface area contributed by atoms with Gasteiger partial charge in [0.1, 0.15) is 17.3 Å². The van der Waals surface area contributed by atoms with Crippen LogP contribution in [-0.2, 0) is 6.54 Å². The summed E-state index contributed by atoms with van der Waals surface area (Å²) in [5, 5.41) is 18.4. The Morgan fingerprint density at radius 3 is 2.64 bits per heavy atom. The van der Waals surface area contributed by atoms with Crippen molar-refractivity contribution in [3.63, 3.8) is 0 Å². The Morgan fingerprint density at radius 2 is 1.97 bits per heavy atom. The largest absolute Gasteiger partial charge is 0.362 e. The highest BCUT2D eigenvalue weighted by molar-refractivity contribution is 6.39. The zero-order chi connectivity index (χ0) is 24.6. The number of nitriles is 1. The van der Waals surface area contributed by atoms with Gasteiger partial charge in [-0.05, 0) is 68.9 Å². The first-order valence-electron chi connectivity index (χ1n) is 12.6. The van der Waals surface area contributed by atoms with Gasteiger partial charge in [0.25, 0.3) is 0 Å². The van der Waals surface area contributed by atoms with Gasteiger partial charge in [0.15, 0.2) is 0 Å². The van der Waals surface area contributed by atoms with Crippen molar-refractivity contribution in [1.82, 2.24) is 10.5 Å². The smallest absolute Gasteiger partial charge is 0.147 e. The van der Waals surface area contributed by atoms with E-state index in [0.29, 0.717) is 51.9 Å². The Labute approximate surface area is 219 Å². The molecule has 4 aliphatic rings. The van der Waals surface area contributed by atoms with Crippen LogP contribution >= 0.6 is 23.2 Å².